The largest absolute Gasteiger partial charge is 0.461 e. The highest BCUT2D eigenvalue weighted by atomic mass is 16.6. The van der Waals surface area contributed by atoms with Gasteiger partial charge >= 0.3 is 11.9 Å². The Balaban J connectivity index is 1.97. The summed E-state index contributed by atoms with van der Waals surface area (Å²) in [5.74, 6) is -2.89. The third kappa shape index (κ3) is 3.22. The molecule has 0 unspecified atom stereocenters. The lowest BCUT2D eigenvalue weighted by Crippen LogP contribution is -2.40. The van der Waals surface area contributed by atoms with E-state index in [0.717, 1.165) is 0 Å². The van der Waals surface area contributed by atoms with E-state index >= 15 is 0 Å². The van der Waals surface area contributed by atoms with Crippen molar-refractivity contribution in [3.63, 3.8) is 0 Å². The van der Waals surface area contributed by atoms with E-state index in [4.69, 9.17) is 14.2 Å². The number of ether oxygens (including phenoxy) is 3. The minimum Gasteiger partial charge on any atom is -0.461 e. The lowest BCUT2D eigenvalue weighted by Gasteiger charge is -2.33. The second-order valence-electron chi connectivity index (χ2n) is 8.36. The van der Waals surface area contributed by atoms with Crippen LogP contribution in [0.15, 0.2) is 12.2 Å². The van der Waals surface area contributed by atoms with Gasteiger partial charge in [0.15, 0.2) is 5.79 Å². The Morgan fingerprint density at radius 2 is 2.08 bits per heavy atom. The molecular formula is C19H28O6. The van der Waals surface area contributed by atoms with E-state index < -0.39 is 35.5 Å². The molecular weight excluding hydrogens is 324 g/mol. The Morgan fingerprint density at radius 3 is 2.72 bits per heavy atom. The van der Waals surface area contributed by atoms with Crippen LogP contribution in [0, 0.1) is 17.8 Å². The van der Waals surface area contributed by atoms with E-state index in [1.165, 1.54) is 0 Å². The van der Waals surface area contributed by atoms with E-state index in [0.29, 0.717) is 31.3 Å². The first-order chi connectivity index (χ1) is 11.5. The Labute approximate surface area is 148 Å². The van der Waals surface area contributed by atoms with Crippen molar-refractivity contribution in [1.29, 1.82) is 0 Å². The fraction of sp³-hybridized carbons (Fsp3) is 0.789. The lowest BCUT2D eigenvalue weighted by molar-refractivity contribution is -0.250. The zero-order chi connectivity index (χ0) is 18.6. The Morgan fingerprint density at radius 1 is 1.40 bits per heavy atom. The van der Waals surface area contributed by atoms with E-state index in [1.54, 1.807) is 13.8 Å². The maximum absolute atomic E-state index is 12.2. The summed E-state index contributed by atoms with van der Waals surface area (Å²) in [6.45, 7) is 11.3. The Kier molecular flexibility index (Phi) is 4.48. The van der Waals surface area contributed by atoms with E-state index in [9.17, 15) is 14.7 Å². The van der Waals surface area contributed by atoms with Gasteiger partial charge in [0.2, 0.25) is 0 Å². The van der Waals surface area contributed by atoms with Crippen molar-refractivity contribution in [2.45, 2.75) is 77.0 Å². The number of hydrogen-bond acceptors (Lipinski definition) is 6. The molecule has 6 atom stereocenters. The number of aliphatic hydroxyl groups is 1. The zero-order valence-corrected chi connectivity index (χ0v) is 15.4. The van der Waals surface area contributed by atoms with Crippen molar-refractivity contribution in [2.24, 2.45) is 17.8 Å². The summed E-state index contributed by atoms with van der Waals surface area (Å²) >= 11 is 0. The molecule has 3 rings (SSSR count). The van der Waals surface area contributed by atoms with Crippen molar-refractivity contribution in [1.82, 2.24) is 0 Å². The quantitative estimate of drug-likeness (QED) is 0.607. The summed E-state index contributed by atoms with van der Waals surface area (Å²) in [6.07, 6.45) is 1.01. The van der Waals surface area contributed by atoms with Crippen molar-refractivity contribution in [3.05, 3.63) is 12.2 Å². The third-order valence-corrected chi connectivity index (χ3v) is 5.89. The van der Waals surface area contributed by atoms with Gasteiger partial charge in [-0.15, -0.1) is 0 Å². The molecule has 2 bridgehead atoms. The molecule has 6 heteroatoms. The number of esters is 2. The van der Waals surface area contributed by atoms with Crippen molar-refractivity contribution in [3.8, 4) is 0 Å². The number of rotatable bonds is 2. The predicted molar refractivity (Wildman–Crippen MR) is 89.3 cm³/mol. The predicted octanol–water partition coefficient (Wildman–Crippen LogP) is 2.34. The monoisotopic (exact) mass is 352 g/mol. The van der Waals surface area contributed by atoms with Crippen LogP contribution in [0.1, 0.15) is 53.4 Å². The molecule has 6 nitrogen and oxygen atoms in total. The number of fused-ring (bicyclic) bond motifs is 3. The highest BCUT2D eigenvalue weighted by Gasteiger charge is 2.56. The van der Waals surface area contributed by atoms with Crippen LogP contribution in [0.4, 0.5) is 0 Å². The molecule has 0 aromatic carbocycles. The summed E-state index contributed by atoms with van der Waals surface area (Å²) in [4.78, 5) is 24.3. The summed E-state index contributed by atoms with van der Waals surface area (Å²) in [7, 11) is 0. The third-order valence-electron chi connectivity index (χ3n) is 5.89. The summed E-state index contributed by atoms with van der Waals surface area (Å²) < 4.78 is 17.3. The second-order valence-corrected chi connectivity index (χ2v) is 8.36. The topological polar surface area (TPSA) is 82.1 Å². The maximum Gasteiger partial charge on any atom is 0.334 e. The van der Waals surface area contributed by atoms with Crippen LogP contribution < -0.4 is 0 Å². The number of carbonyl (C=O) groups excluding carboxylic acids is 2. The number of carbonyl (C=O) groups is 2. The van der Waals surface area contributed by atoms with Gasteiger partial charge in [-0.1, -0.05) is 27.4 Å². The molecule has 0 amide bonds. The van der Waals surface area contributed by atoms with Gasteiger partial charge < -0.3 is 19.3 Å². The molecule has 3 heterocycles. The molecule has 3 aliphatic rings. The van der Waals surface area contributed by atoms with Gasteiger partial charge in [0.05, 0.1) is 17.4 Å². The Bertz CT molecular complexity index is 599. The highest BCUT2D eigenvalue weighted by Crippen LogP contribution is 2.49. The summed E-state index contributed by atoms with van der Waals surface area (Å²) in [6, 6.07) is 0. The lowest BCUT2D eigenvalue weighted by atomic mass is 9.78. The molecule has 3 aliphatic heterocycles. The van der Waals surface area contributed by atoms with Gasteiger partial charge in [-0.05, 0) is 19.8 Å². The van der Waals surface area contributed by atoms with Crippen LogP contribution in [-0.4, -0.2) is 40.6 Å². The number of hydrogen-bond donors (Lipinski definition) is 1. The molecule has 0 aromatic heterocycles. The van der Waals surface area contributed by atoms with Crippen LogP contribution in [0.25, 0.3) is 0 Å². The fourth-order valence-corrected chi connectivity index (χ4v) is 4.25. The molecule has 0 aromatic rings. The van der Waals surface area contributed by atoms with Gasteiger partial charge in [-0.3, -0.25) is 4.79 Å². The Hall–Kier alpha value is -1.40. The average Bonchev–Trinajstić information content (AvgIpc) is 2.97. The van der Waals surface area contributed by atoms with Crippen LogP contribution >= 0.6 is 0 Å². The van der Waals surface area contributed by atoms with Crippen molar-refractivity contribution < 1.29 is 28.9 Å². The van der Waals surface area contributed by atoms with Gasteiger partial charge in [0.1, 0.15) is 12.2 Å². The smallest absolute Gasteiger partial charge is 0.334 e. The molecule has 0 aliphatic carbocycles. The van der Waals surface area contributed by atoms with Gasteiger partial charge in [0, 0.05) is 24.3 Å². The normalized spacial score (nSPS) is 43.9. The average molecular weight is 352 g/mol. The first-order valence-corrected chi connectivity index (χ1v) is 9.07. The molecule has 25 heavy (non-hydrogen) atoms. The fourth-order valence-electron chi connectivity index (χ4n) is 4.25. The van der Waals surface area contributed by atoms with Gasteiger partial charge in [-0.2, -0.15) is 0 Å². The molecule has 0 radical (unpaired) electrons. The van der Waals surface area contributed by atoms with E-state index in [-0.39, 0.29) is 17.8 Å². The van der Waals surface area contributed by atoms with Crippen LogP contribution in [0.5, 0.6) is 0 Å². The first-order valence-electron chi connectivity index (χ1n) is 9.07. The molecule has 0 spiro atoms. The highest BCUT2D eigenvalue weighted by molar-refractivity contribution is 5.91. The summed E-state index contributed by atoms with van der Waals surface area (Å²) in [5, 5.41) is 10.9. The van der Waals surface area contributed by atoms with E-state index in [2.05, 4.69) is 6.58 Å². The minimum atomic E-state index is -1.24. The first kappa shape index (κ1) is 18.4. The minimum absolute atomic E-state index is 0.208. The van der Waals surface area contributed by atoms with Gasteiger partial charge in [-0.25, -0.2) is 4.79 Å². The standard InChI is InChI=1S/C19H28O6/c1-10(2)16(20)24-14-9-18(5)6-7-19(22,25-18)11(3)8-13-15(14)12(4)17(21)23-13/h10-11,13-15,22H,4,6-9H2,1-3,5H3/t11-,13+,14+,15-,18+,19-/m0/s1. The second kappa shape index (κ2) is 6.09. The van der Waals surface area contributed by atoms with Crippen LogP contribution in [-0.2, 0) is 23.8 Å². The molecule has 3 saturated heterocycles. The van der Waals surface area contributed by atoms with Crippen LogP contribution in [0.2, 0.25) is 0 Å². The van der Waals surface area contributed by atoms with Crippen molar-refractivity contribution >= 4 is 11.9 Å². The maximum atomic E-state index is 12.2. The molecule has 3 fully saturated rings. The summed E-state index contributed by atoms with van der Waals surface area (Å²) in [5.41, 5.74) is -0.279. The van der Waals surface area contributed by atoms with Crippen molar-refractivity contribution in [2.75, 3.05) is 0 Å². The van der Waals surface area contributed by atoms with Gasteiger partial charge in [0.25, 0.3) is 0 Å². The zero-order valence-electron chi connectivity index (χ0n) is 15.4. The SMILES string of the molecule is C=C1C(=O)O[C@@H]2C[C@H](C)[C@]3(O)CC[C@](C)(C[C@@H](OC(=O)C(C)C)[C@@H]12)O3. The molecule has 140 valence electrons. The molecule has 1 N–H and O–H groups in total. The van der Waals surface area contributed by atoms with Crippen LogP contribution in [0.3, 0.4) is 0 Å². The van der Waals surface area contributed by atoms with E-state index in [1.807, 2.05) is 13.8 Å². The molecule has 0 saturated carbocycles.